The number of anilines is 1. The van der Waals surface area contributed by atoms with E-state index in [2.05, 4.69) is 22.5 Å². The van der Waals surface area contributed by atoms with E-state index >= 15 is 0 Å². The molecule has 0 unspecified atom stereocenters. The maximum absolute atomic E-state index is 12.5. The number of nitrogens with one attached hydrogen (secondary N) is 1. The molecule has 9 heteroatoms. The number of pyridine rings is 1. The summed E-state index contributed by atoms with van der Waals surface area (Å²) in [4.78, 5) is 39.7. The Balaban J connectivity index is 1.19. The predicted molar refractivity (Wildman–Crippen MR) is 122 cm³/mol. The summed E-state index contributed by atoms with van der Waals surface area (Å²) in [6.07, 6.45) is 12.2. The molecule has 0 aromatic carbocycles. The van der Waals surface area contributed by atoms with E-state index in [9.17, 15) is 14.4 Å². The smallest absolute Gasteiger partial charge is 0.410 e. The van der Waals surface area contributed by atoms with Crippen molar-refractivity contribution in [2.24, 2.45) is 5.92 Å². The number of likely N-dealkylation sites (tertiary alicyclic amines) is 1. The lowest BCUT2D eigenvalue weighted by molar-refractivity contribution is -0.120. The molecule has 9 nitrogen and oxygen atoms in total. The summed E-state index contributed by atoms with van der Waals surface area (Å²) in [5, 5.41) is 6.73. The van der Waals surface area contributed by atoms with Crippen molar-refractivity contribution in [1.29, 1.82) is 0 Å². The lowest BCUT2D eigenvalue weighted by Crippen LogP contribution is -2.49. The molecule has 0 radical (unpaired) electrons. The number of fused-ring (bicyclic) bond motifs is 1. The quantitative estimate of drug-likeness (QED) is 0.764. The van der Waals surface area contributed by atoms with Gasteiger partial charge in [0.25, 0.3) is 0 Å². The van der Waals surface area contributed by atoms with Crippen molar-refractivity contribution in [2.45, 2.75) is 63.9 Å². The Kier molecular flexibility index (Phi) is 6.20. The zero-order valence-corrected chi connectivity index (χ0v) is 18.9. The maximum Gasteiger partial charge on any atom is 0.410 e. The molecule has 0 atom stereocenters. The second kappa shape index (κ2) is 9.41. The molecule has 33 heavy (non-hydrogen) atoms. The van der Waals surface area contributed by atoms with Gasteiger partial charge in [0.1, 0.15) is 6.10 Å². The SMILES string of the molecule is O=C1CCN(c2cnn3ccc(CC4CCN(C(=O)OC5CCCCC5)CC4)cc23)C(=O)N1. The van der Waals surface area contributed by atoms with Gasteiger partial charge >= 0.3 is 12.1 Å². The van der Waals surface area contributed by atoms with Crippen molar-refractivity contribution in [3.05, 3.63) is 30.1 Å². The number of nitrogens with zero attached hydrogens (tertiary/aromatic N) is 4. The first-order valence-electron chi connectivity index (χ1n) is 12.1. The molecule has 2 aromatic heterocycles. The molecule has 3 aliphatic rings. The van der Waals surface area contributed by atoms with Crippen molar-refractivity contribution < 1.29 is 19.1 Å². The first-order chi connectivity index (χ1) is 16.1. The molecular weight excluding hydrogens is 422 g/mol. The Morgan fingerprint density at radius 3 is 2.64 bits per heavy atom. The van der Waals surface area contributed by atoms with Gasteiger partial charge in [0, 0.05) is 32.3 Å². The number of urea groups is 1. The normalized spacial score (nSPS) is 20.8. The Morgan fingerprint density at radius 2 is 1.88 bits per heavy atom. The van der Waals surface area contributed by atoms with E-state index in [1.165, 1.54) is 12.0 Å². The van der Waals surface area contributed by atoms with E-state index < -0.39 is 6.03 Å². The van der Waals surface area contributed by atoms with Gasteiger partial charge in [-0.05, 0) is 68.6 Å². The number of carbonyl (C=O) groups excluding carboxylic acids is 3. The Hall–Kier alpha value is -3.10. The number of carbonyl (C=O) groups is 3. The van der Waals surface area contributed by atoms with Gasteiger partial charge in [-0.25, -0.2) is 14.1 Å². The monoisotopic (exact) mass is 453 g/mol. The topological polar surface area (TPSA) is 96.2 Å². The first-order valence-corrected chi connectivity index (χ1v) is 12.1. The average Bonchev–Trinajstić information content (AvgIpc) is 3.23. The number of rotatable bonds is 4. The van der Waals surface area contributed by atoms with Gasteiger partial charge < -0.3 is 9.64 Å². The van der Waals surface area contributed by atoms with Gasteiger partial charge in [-0.15, -0.1) is 0 Å². The van der Waals surface area contributed by atoms with Crippen LogP contribution < -0.4 is 10.2 Å². The number of amides is 4. The summed E-state index contributed by atoms with van der Waals surface area (Å²) in [5.41, 5.74) is 2.74. The molecule has 3 fully saturated rings. The van der Waals surface area contributed by atoms with Crippen LogP contribution in [-0.2, 0) is 16.0 Å². The molecule has 176 valence electrons. The zero-order valence-electron chi connectivity index (χ0n) is 18.9. The molecule has 1 N–H and O–H groups in total. The van der Waals surface area contributed by atoms with Crippen LogP contribution in [0.5, 0.6) is 0 Å². The number of imide groups is 1. The van der Waals surface area contributed by atoms with E-state index in [1.807, 2.05) is 11.1 Å². The Bertz CT molecular complexity index is 1040. The second-order valence-electron chi connectivity index (χ2n) is 9.43. The minimum Gasteiger partial charge on any atom is -0.446 e. The van der Waals surface area contributed by atoms with E-state index in [0.29, 0.717) is 18.2 Å². The molecule has 1 saturated carbocycles. The molecule has 5 rings (SSSR count). The maximum atomic E-state index is 12.5. The molecule has 2 saturated heterocycles. The van der Waals surface area contributed by atoms with Gasteiger partial charge in [-0.3, -0.25) is 15.0 Å². The van der Waals surface area contributed by atoms with Crippen molar-refractivity contribution in [2.75, 3.05) is 24.5 Å². The predicted octanol–water partition coefficient (Wildman–Crippen LogP) is 3.50. The van der Waals surface area contributed by atoms with Crippen molar-refractivity contribution in [3.63, 3.8) is 0 Å². The van der Waals surface area contributed by atoms with Crippen molar-refractivity contribution in [3.8, 4) is 0 Å². The van der Waals surface area contributed by atoms with Crippen LogP contribution in [0.2, 0.25) is 0 Å². The minimum absolute atomic E-state index is 0.0978. The molecular formula is C24H31N5O4. The van der Waals surface area contributed by atoms with Crippen molar-refractivity contribution >= 4 is 29.2 Å². The van der Waals surface area contributed by atoms with E-state index in [0.717, 1.165) is 63.6 Å². The van der Waals surface area contributed by atoms with Crippen LogP contribution in [0.4, 0.5) is 15.3 Å². The standard InChI is InChI=1S/C24H31N5O4/c30-22-9-12-28(23(31)26-22)21-16-25-29-13-8-18(15-20(21)29)14-17-6-10-27(11-7-17)24(32)33-19-4-2-1-3-5-19/h8,13,15-17,19H,1-7,9-12,14H2,(H,26,30,31). The summed E-state index contributed by atoms with van der Waals surface area (Å²) in [7, 11) is 0. The minimum atomic E-state index is -0.404. The number of hydrogen-bond donors (Lipinski definition) is 1. The lowest BCUT2D eigenvalue weighted by atomic mass is 9.90. The average molecular weight is 454 g/mol. The van der Waals surface area contributed by atoms with E-state index in [-0.39, 0.29) is 24.5 Å². The van der Waals surface area contributed by atoms with Gasteiger partial charge in [0.15, 0.2) is 0 Å². The third-order valence-electron chi connectivity index (χ3n) is 7.13. The molecule has 2 aromatic rings. The third kappa shape index (κ3) is 4.82. The van der Waals surface area contributed by atoms with Crippen LogP contribution in [0.25, 0.3) is 5.52 Å². The molecule has 1 aliphatic carbocycles. The highest BCUT2D eigenvalue weighted by Gasteiger charge is 2.28. The second-order valence-corrected chi connectivity index (χ2v) is 9.43. The fraction of sp³-hybridized carbons (Fsp3) is 0.583. The summed E-state index contributed by atoms with van der Waals surface area (Å²) >= 11 is 0. The fourth-order valence-electron chi connectivity index (χ4n) is 5.19. The number of hydrogen-bond acceptors (Lipinski definition) is 5. The molecule has 0 spiro atoms. The first kappa shape index (κ1) is 21.7. The number of aromatic nitrogens is 2. The highest BCUT2D eigenvalue weighted by atomic mass is 16.6. The van der Waals surface area contributed by atoms with Crippen LogP contribution in [0.1, 0.15) is 56.9 Å². The lowest BCUT2D eigenvalue weighted by Gasteiger charge is -2.33. The van der Waals surface area contributed by atoms with Gasteiger partial charge in [-0.1, -0.05) is 6.42 Å². The van der Waals surface area contributed by atoms with Gasteiger partial charge in [0.05, 0.1) is 17.4 Å². The van der Waals surface area contributed by atoms with E-state index in [4.69, 9.17) is 4.74 Å². The van der Waals surface area contributed by atoms with Crippen LogP contribution >= 0.6 is 0 Å². The van der Waals surface area contributed by atoms with Gasteiger partial charge in [-0.2, -0.15) is 5.10 Å². The fourth-order valence-corrected chi connectivity index (χ4v) is 5.19. The highest BCUT2D eigenvalue weighted by molar-refractivity contribution is 6.07. The van der Waals surface area contributed by atoms with Crippen LogP contribution in [0.15, 0.2) is 24.5 Å². The van der Waals surface area contributed by atoms with Gasteiger partial charge in [0.2, 0.25) is 5.91 Å². The zero-order chi connectivity index (χ0) is 22.8. The molecule has 2 aliphatic heterocycles. The largest absolute Gasteiger partial charge is 0.446 e. The Morgan fingerprint density at radius 1 is 1.09 bits per heavy atom. The van der Waals surface area contributed by atoms with Crippen LogP contribution in [-0.4, -0.2) is 58.3 Å². The summed E-state index contributed by atoms with van der Waals surface area (Å²) in [6.45, 7) is 1.82. The van der Waals surface area contributed by atoms with Crippen molar-refractivity contribution in [1.82, 2.24) is 19.8 Å². The molecule has 0 bridgehead atoms. The molecule has 4 amide bonds. The third-order valence-corrected chi connectivity index (χ3v) is 7.13. The summed E-state index contributed by atoms with van der Waals surface area (Å²) in [5.74, 6) is 0.246. The summed E-state index contributed by atoms with van der Waals surface area (Å²) in [6, 6.07) is 3.74. The Labute approximate surface area is 193 Å². The number of ether oxygens (including phenoxy) is 1. The molecule has 4 heterocycles. The number of piperidine rings is 1. The van der Waals surface area contributed by atoms with E-state index in [1.54, 1.807) is 15.6 Å². The van der Waals surface area contributed by atoms with Crippen LogP contribution in [0.3, 0.4) is 0 Å². The summed E-state index contributed by atoms with van der Waals surface area (Å²) < 4.78 is 7.49. The van der Waals surface area contributed by atoms with Crippen LogP contribution in [0, 0.1) is 5.92 Å². The highest BCUT2D eigenvalue weighted by Crippen LogP contribution is 2.28.